The van der Waals surface area contributed by atoms with Crippen LogP contribution in [0.25, 0.3) is 0 Å². The van der Waals surface area contributed by atoms with Gasteiger partial charge in [0.05, 0.1) is 15.9 Å². The number of hydrogen-bond donors (Lipinski definition) is 1. The summed E-state index contributed by atoms with van der Waals surface area (Å²) in [7, 11) is -0.880. The Bertz CT molecular complexity index is 1320. The van der Waals surface area contributed by atoms with Crippen molar-refractivity contribution in [2.45, 2.75) is 69.0 Å². The molecule has 3 rings (SSSR count). The van der Waals surface area contributed by atoms with Gasteiger partial charge in [-0.15, -0.1) is 11.8 Å². The Hall–Kier alpha value is -3.09. The summed E-state index contributed by atoms with van der Waals surface area (Å²) in [6, 6.07) is 10.9. The fraction of sp³-hybridized carbons (Fsp3) is 0.464. The number of carbonyl (C=O) groups excluding carboxylic acids is 3. The molecule has 1 aliphatic heterocycles. The van der Waals surface area contributed by atoms with Crippen molar-refractivity contribution in [2.24, 2.45) is 0 Å². The molecule has 218 valence electrons. The molecule has 2 amide bonds. The maximum absolute atomic E-state index is 13.7. The number of benzene rings is 2. The van der Waals surface area contributed by atoms with Crippen LogP contribution >= 0.6 is 11.8 Å². The zero-order chi connectivity index (χ0) is 29.8. The van der Waals surface area contributed by atoms with E-state index in [4.69, 9.17) is 9.47 Å². The normalized spacial score (nSPS) is 17.8. The van der Waals surface area contributed by atoms with E-state index in [0.29, 0.717) is 11.3 Å². The number of ether oxygens (including phenoxy) is 2. The van der Waals surface area contributed by atoms with Gasteiger partial charge in [0.25, 0.3) is 0 Å². The van der Waals surface area contributed by atoms with Crippen molar-refractivity contribution in [3.63, 3.8) is 0 Å². The first-order valence-corrected chi connectivity index (χ1v) is 15.3. The molecule has 0 bridgehead atoms. The van der Waals surface area contributed by atoms with Gasteiger partial charge in [0.2, 0.25) is 15.9 Å². The summed E-state index contributed by atoms with van der Waals surface area (Å²) in [4.78, 5) is 38.9. The lowest BCUT2D eigenvalue weighted by Crippen LogP contribution is -2.56. The summed E-state index contributed by atoms with van der Waals surface area (Å²) in [5, 5.41) is 2.75. The minimum atomic E-state index is -4.02. The molecule has 1 saturated heterocycles. The molecule has 10 nitrogen and oxygen atoms in total. The van der Waals surface area contributed by atoms with Crippen LogP contribution in [0.4, 0.5) is 4.79 Å². The summed E-state index contributed by atoms with van der Waals surface area (Å²) in [5.74, 6) is -0.669. The fourth-order valence-electron chi connectivity index (χ4n) is 4.15. The number of nitrogens with zero attached hydrogens (tertiary/aromatic N) is 2. The number of esters is 1. The standard InChI is InChI=1S/C28H37N3O7S2/c1-18(2)37-26(33)23(16-20-10-12-21(13-11-20)38-27(34)30(6)7)29-25(32)24-17-39-28(4,5)31(24)40(35,36)22-14-8-19(3)9-15-22/h8-15,18,23-24H,16-17H2,1-7H3,(H,29,32)/t23-,24-/m0/s1. The molecule has 0 aromatic heterocycles. The molecule has 0 saturated carbocycles. The number of amides is 2. The quantitative estimate of drug-likeness (QED) is 0.439. The van der Waals surface area contributed by atoms with Crippen molar-refractivity contribution in [1.82, 2.24) is 14.5 Å². The third-order valence-corrected chi connectivity index (χ3v) is 9.77. The Morgan fingerprint density at radius 2 is 1.68 bits per heavy atom. The highest BCUT2D eigenvalue weighted by Crippen LogP contribution is 2.42. The van der Waals surface area contributed by atoms with E-state index >= 15 is 0 Å². The first kappa shape index (κ1) is 31.4. The van der Waals surface area contributed by atoms with E-state index in [9.17, 15) is 22.8 Å². The molecular weight excluding hydrogens is 554 g/mol. The SMILES string of the molecule is Cc1ccc(S(=O)(=O)N2[C@H](C(=O)N[C@@H](Cc3ccc(OC(=O)N(C)C)cc3)C(=O)OC(C)C)CSC2(C)C)cc1. The molecule has 0 radical (unpaired) electrons. The third kappa shape index (κ3) is 7.55. The van der Waals surface area contributed by atoms with Gasteiger partial charge >= 0.3 is 12.1 Å². The summed E-state index contributed by atoms with van der Waals surface area (Å²) in [6.45, 7) is 8.79. The second-order valence-electron chi connectivity index (χ2n) is 10.5. The number of thioether (sulfide) groups is 1. The van der Waals surface area contributed by atoms with Gasteiger partial charge in [-0.1, -0.05) is 29.8 Å². The number of nitrogens with one attached hydrogen (secondary N) is 1. The second-order valence-corrected chi connectivity index (χ2v) is 14.0. The highest BCUT2D eigenvalue weighted by atomic mass is 32.2. The topological polar surface area (TPSA) is 122 Å². The third-order valence-electron chi connectivity index (χ3n) is 6.18. The molecule has 2 aromatic rings. The minimum absolute atomic E-state index is 0.0904. The maximum Gasteiger partial charge on any atom is 0.414 e. The molecule has 0 spiro atoms. The van der Waals surface area contributed by atoms with Gasteiger partial charge in [0, 0.05) is 26.3 Å². The Morgan fingerprint density at radius 3 is 2.23 bits per heavy atom. The van der Waals surface area contributed by atoms with Crippen LogP contribution < -0.4 is 10.1 Å². The van der Waals surface area contributed by atoms with Crippen LogP contribution in [0, 0.1) is 6.92 Å². The molecule has 1 fully saturated rings. The van der Waals surface area contributed by atoms with Crippen LogP contribution in [0.5, 0.6) is 5.75 Å². The lowest BCUT2D eigenvalue weighted by molar-refractivity contribution is -0.151. The molecule has 2 atom stereocenters. The minimum Gasteiger partial charge on any atom is -0.461 e. The fourth-order valence-corrected chi connectivity index (χ4v) is 7.61. The monoisotopic (exact) mass is 591 g/mol. The van der Waals surface area contributed by atoms with E-state index in [0.717, 1.165) is 5.56 Å². The van der Waals surface area contributed by atoms with Gasteiger partial charge in [-0.2, -0.15) is 4.31 Å². The summed E-state index contributed by atoms with van der Waals surface area (Å²) < 4.78 is 39.2. The molecule has 1 heterocycles. The van der Waals surface area contributed by atoms with Crippen LogP contribution in [0.15, 0.2) is 53.4 Å². The first-order valence-electron chi connectivity index (χ1n) is 12.9. The molecule has 0 aliphatic carbocycles. The largest absolute Gasteiger partial charge is 0.461 e. The molecule has 1 N–H and O–H groups in total. The first-order chi connectivity index (χ1) is 18.6. The highest BCUT2D eigenvalue weighted by Gasteiger charge is 2.51. The van der Waals surface area contributed by atoms with Crippen molar-refractivity contribution in [3.05, 3.63) is 59.7 Å². The predicted molar refractivity (Wildman–Crippen MR) is 154 cm³/mol. The second kappa shape index (κ2) is 12.6. The lowest BCUT2D eigenvalue weighted by atomic mass is 10.1. The summed E-state index contributed by atoms with van der Waals surface area (Å²) in [6.07, 6.45) is -0.854. The molecule has 1 aliphatic rings. The van der Waals surface area contributed by atoms with E-state index in [1.165, 1.54) is 33.1 Å². The van der Waals surface area contributed by atoms with Crippen molar-refractivity contribution in [1.29, 1.82) is 0 Å². The van der Waals surface area contributed by atoms with Crippen molar-refractivity contribution in [2.75, 3.05) is 19.8 Å². The number of sulfonamides is 1. The number of aryl methyl sites for hydroxylation is 1. The molecule has 12 heteroatoms. The molecule has 2 aromatic carbocycles. The van der Waals surface area contributed by atoms with Gasteiger partial charge in [-0.05, 0) is 64.4 Å². The van der Waals surface area contributed by atoms with Crippen LogP contribution in [0.1, 0.15) is 38.8 Å². The number of rotatable bonds is 9. The zero-order valence-electron chi connectivity index (χ0n) is 23.8. The van der Waals surface area contributed by atoms with E-state index in [2.05, 4.69) is 5.32 Å². The molecule has 40 heavy (non-hydrogen) atoms. The van der Waals surface area contributed by atoms with Crippen LogP contribution in [-0.4, -0.2) is 78.5 Å². The van der Waals surface area contributed by atoms with Gasteiger partial charge in [-0.3, -0.25) is 4.79 Å². The van der Waals surface area contributed by atoms with Crippen LogP contribution in [0.3, 0.4) is 0 Å². The van der Waals surface area contributed by atoms with E-state index in [-0.39, 0.29) is 17.1 Å². The molecular formula is C28H37N3O7S2. The summed E-state index contributed by atoms with van der Waals surface area (Å²) >= 11 is 1.35. The van der Waals surface area contributed by atoms with Gasteiger partial charge in [-0.25, -0.2) is 18.0 Å². The van der Waals surface area contributed by atoms with Crippen molar-refractivity contribution in [3.8, 4) is 5.75 Å². The van der Waals surface area contributed by atoms with Crippen LogP contribution in [-0.2, 0) is 30.8 Å². The number of hydrogen-bond acceptors (Lipinski definition) is 8. The van der Waals surface area contributed by atoms with Gasteiger partial charge in [0.15, 0.2) is 0 Å². The Labute approximate surface area is 240 Å². The van der Waals surface area contributed by atoms with Crippen LogP contribution in [0.2, 0.25) is 0 Å². The van der Waals surface area contributed by atoms with Gasteiger partial charge in [0.1, 0.15) is 17.8 Å². The van der Waals surface area contributed by atoms with E-state index in [1.807, 2.05) is 6.92 Å². The maximum atomic E-state index is 13.7. The average molecular weight is 592 g/mol. The highest BCUT2D eigenvalue weighted by molar-refractivity contribution is 8.02. The zero-order valence-corrected chi connectivity index (χ0v) is 25.5. The Morgan fingerprint density at radius 1 is 1.07 bits per heavy atom. The van der Waals surface area contributed by atoms with E-state index in [1.54, 1.807) is 78.2 Å². The Balaban J connectivity index is 1.84. The van der Waals surface area contributed by atoms with Crippen molar-refractivity contribution < 1.29 is 32.3 Å². The lowest BCUT2D eigenvalue weighted by Gasteiger charge is -2.33. The smallest absolute Gasteiger partial charge is 0.414 e. The average Bonchev–Trinajstić information content (AvgIpc) is 3.20. The Kier molecular flexibility index (Phi) is 9.91. The van der Waals surface area contributed by atoms with Crippen molar-refractivity contribution >= 4 is 39.8 Å². The van der Waals surface area contributed by atoms with Gasteiger partial charge < -0.3 is 19.7 Å². The summed E-state index contributed by atoms with van der Waals surface area (Å²) in [5.41, 5.74) is 1.60. The molecule has 0 unspecified atom stereocenters. The van der Waals surface area contributed by atoms with E-state index < -0.39 is 51.1 Å². The number of carbonyl (C=O) groups is 3. The predicted octanol–water partition coefficient (Wildman–Crippen LogP) is 3.58.